The van der Waals surface area contributed by atoms with Crippen LogP contribution in [0.2, 0.25) is 0 Å². The van der Waals surface area contributed by atoms with Gasteiger partial charge in [-0.3, -0.25) is 9.89 Å². The predicted octanol–water partition coefficient (Wildman–Crippen LogP) is 4.61. The van der Waals surface area contributed by atoms with Crippen molar-refractivity contribution < 1.29 is 8.78 Å². The van der Waals surface area contributed by atoms with Gasteiger partial charge in [-0.15, -0.1) is 0 Å². The smallest absolute Gasteiger partial charge is 0.229 e. The molecule has 0 bridgehead atoms. The molecule has 39 heavy (non-hydrogen) atoms. The second-order valence-electron chi connectivity index (χ2n) is 11.0. The molecule has 3 N–H and O–H groups in total. The summed E-state index contributed by atoms with van der Waals surface area (Å²) in [5.41, 5.74) is 8.41. The fourth-order valence-corrected chi connectivity index (χ4v) is 5.46. The van der Waals surface area contributed by atoms with Crippen LogP contribution < -0.4 is 11.1 Å². The number of rotatable bonds is 11. The number of likely N-dealkylation sites (tertiary alicyclic amines) is 2. The highest BCUT2D eigenvalue weighted by Gasteiger charge is 2.43. The van der Waals surface area contributed by atoms with Crippen LogP contribution in [0.25, 0.3) is 5.57 Å². The summed E-state index contributed by atoms with van der Waals surface area (Å²) >= 11 is 0. The maximum absolute atomic E-state index is 14.9. The molecule has 206 valence electrons. The normalized spacial score (nSPS) is 23.4. The number of nitrogens with two attached hydrogens (primary N) is 1. The van der Waals surface area contributed by atoms with Crippen LogP contribution in [0, 0.1) is 11.7 Å². The lowest BCUT2D eigenvalue weighted by Gasteiger charge is -2.40. The molecule has 0 aromatic carbocycles. The molecule has 8 nitrogen and oxygen atoms in total. The topological polar surface area (TPSA) is 95.6 Å². The minimum atomic E-state index is -0.590. The van der Waals surface area contributed by atoms with Crippen molar-refractivity contribution in [2.75, 3.05) is 32.0 Å². The summed E-state index contributed by atoms with van der Waals surface area (Å²) in [6.45, 7) is 9.51. The van der Waals surface area contributed by atoms with Gasteiger partial charge in [0.1, 0.15) is 17.8 Å². The number of hydrogen-bond acceptors (Lipinski definition) is 8. The van der Waals surface area contributed by atoms with Gasteiger partial charge < -0.3 is 16.0 Å². The van der Waals surface area contributed by atoms with E-state index in [0.29, 0.717) is 42.2 Å². The molecule has 5 rings (SSSR count). The zero-order chi connectivity index (χ0) is 27.6. The number of pyridine rings is 1. The van der Waals surface area contributed by atoms with Crippen LogP contribution in [-0.2, 0) is 6.54 Å². The molecule has 2 unspecified atom stereocenters. The number of likely N-dealkylation sites (N-methyl/N-ethyl adjacent to an activating group) is 1. The van der Waals surface area contributed by atoms with Crippen LogP contribution in [0.3, 0.4) is 0 Å². The first-order valence-corrected chi connectivity index (χ1v) is 13.4. The van der Waals surface area contributed by atoms with Gasteiger partial charge in [0.15, 0.2) is 5.82 Å². The molecule has 2 aliphatic heterocycles. The van der Waals surface area contributed by atoms with Gasteiger partial charge in [-0.05, 0) is 75.2 Å². The van der Waals surface area contributed by atoms with Crippen molar-refractivity contribution >= 4 is 24.1 Å². The molecule has 4 heterocycles. The Kier molecular flexibility index (Phi) is 7.97. The van der Waals surface area contributed by atoms with Gasteiger partial charge >= 0.3 is 0 Å². The monoisotopic (exact) mass is 534 g/mol. The van der Waals surface area contributed by atoms with E-state index in [9.17, 15) is 8.78 Å². The lowest BCUT2D eigenvalue weighted by molar-refractivity contribution is 0.0825. The van der Waals surface area contributed by atoms with Crippen molar-refractivity contribution in [1.82, 2.24) is 24.8 Å². The first kappa shape index (κ1) is 27.2. The summed E-state index contributed by atoms with van der Waals surface area (Å²) in [5.74, 6) is 0.964. The van der Waals surface area contributed by atoms with E-state index in [1.54, 1.807) is 19.1 Å². The Morgan fingerprint density at radius 3 is 2.69 bits per heavy atom. The largest absolute Gasteiger partial charge is 0.325 e. The Hall–Kier alpha value is -3.34. The lowest BCUT2D eigenvalue weighted by atomic mass is 9.93. The van der Waals surface area contributed by atoms with Crippen LogP contribution in [-0.4, -0.2) is 69.7 Å². The second-order valence-corrected chi connectivity index (χ2v) is 11.0. The third-order valence-electron chi connectivity index (χ3n) is 8.09. The van der Waals surface area contributed by atoms with Gasteiger partial charge in [-0.1, -0.05) is 12.1 Å². The number of anilines is 2. The molecule has 3 fully saturated rings. The molecule has 1 aliphatic carbocycles. The number of nitrogens with one attached hydrogen (secondary N) is 1. The van der Waals surface area contributed by atoms with Crippen molar-refractivity contribution in [3.05, 3.63) is 71.4 Å². The van der Waals surface area contributed by atoms with E-state index in [2.05, 4.69) is 48.8 Å². The van der Waals surface area contributed by atoms with Gasteiger partial charge in [-0.25, -0.2) is 23.7 Å². The van der Waals surface area contributed by atoms with Crippen LogP contribution in [0.4, 0.5) is 20.5 Å². The Morgan fingerprint density at radius 1 is 1.26 bits per heavy atom. The van der Waals surface area contributed by atoms with E-state index in [0.717, 1.165) is 50.2 Å². The van der Waals surface area contributed by atoms with E-state index in [1.165, 1.54) is 6.54 Å². The molecule has 2 saturated heterocycles. The first-order valence-electron chi connectivity index (χ1n) is 13.4. The van der Waals surface area contributed by atoms with E-state index in [-0.39, 0.29) is 22.9 Å². The zero-order valence-electron chi connectivity index (χ0n) is 22.6. The SMILES string of the molecule is C=NC(=C\F)/C(=C\C(=C/C)c1nc(Nc2ccc(CN3CC4CN(C)C4C3)cn2)ncc1F)CCC1(N)CC1. The summed E-state index contributed by atoms with van der Waals surface area (Å²) in [6, 6.07) is 4.59. The van der Waals surface area contributed by atoms with Crippen LogP contribution in [0.1, 0.15) is 43.9 Å². The Bertz CT molecular complexity index is 1300. The minimum absolute atomic E-state index is 0.0916. The molecule has 0 radical (unpaired) electrons. The first-order chi connectivity index (χ1) is 18.8. The summed E-state index contributed by atoms with van der Waals surface area (Å²) in [6.07, 6.45) is 9.84. The fraction of sp³-hybridized carbons (Fsp3) is 0.448. The van der Waals surface area contributed by atoms with E-state index >= 15 is 0 Å². The van der Waals surface area contributed by atoms with E-state index < -0.39 is 5.82 Å². The maximum Gasteiger partial charge on any atom is 0.229 e. The summed E-state index contributed by atoms with van der Waals surface area (Å²) in [4.78, 5) is 21.7. The highest BCUT2D eigenvalue weighted by atomic mass is 19.1. The van der Waals surface area contributed by atoms with Gasteiger partial charge in [0.05, 0.1) is 11.9 Å². The molecular formula is C29H36F2N8. The van der Waals surface area contributed by atoms with Gasteiger partial charge in [0.2, 0.25) is 5.95 Å². The average Bonchev–Trinajstić information content (AvgIpc) is 3.58. The summed E-state index contributed by atoms with van der Waals surface area (Å²) < 4.78 is 28.5. The molecule has 3 aliphatic rings. The van der Waals surface area contributed by atoms with Crippen molar-refractivity contribution in [3.8, 4) is 0 Å². The molecular weight excluding hydrogens is 498 g/mol. The molecule has 0 amide bonds. The van der Waals surface area contributed by atoms with Crippen LogP contribution >= 0.6 is 0 Å². The third kappa shape index (κ3) is 6.29. The van der Waals surface area contributed by atoms with Crippen LogP contribution in [0.5, 0.6) is 0 Å². The van der Waals surface area contributed by atoms with Crippen LogP contribution in [0.15, 0.2) is 59.3 Å². The summed E-state index contributed by atoms with van der Waals surface area (Å²) in [7, 11) is 2.19. The molecule has 2 atom stereocenters. The number of nitrogens with zero attached hydrogens (tertiary/aromatic N) is 6. The van der Waals surface area contributed by atoms with Gasteiger partial charge in [0, 0.05) is 49.9 Å². The molecule has 2 aromatic rings. The quantitative estimate of drug-likeness (QED) is 0.321. The van der Waals surface area contributed by atoms with Gasteiger partial charge in [0.25, 0.3) is 0 Å². The lowest BCUT2D eigenvalue weighted by Crippen LogP contribution is -2.52. The Balaban J connectivity index is 1.28. The second kappa shape index (κ2) is 11.4. The number of fused-ring (bicyclic) bond motifs is 1. The number of halogens is 2. The molecule has 1 saturated carbocycles. The van der Waals surface area contributed by atoms with Crippen molar-refractivity contribution in [2.24, 2.45) is 16.6 Å². The Labute approximate surface area is 228 Å². The maximum atomic E-state index is 14.9. The Morgan fingerprint density at radius 2 is 2.08 bits per heavy atom. The molecule has 0 spiro atoms. The standard InChI is InChI=1S/C29H36F2N8/c1-4-20(11-21(24(12-30)33-2)7-8-29(32)9-10-29)27-23(31)14-35-28(37-27)36-26-6-5-19(13-34-26)15-39-17-22-16-38(3)25(22)18-39/h4-6,11-14,22,25H,2,7-10,15-18,32H2,1,3H3,(H,34,35,36,37)/b20-4+,21-11-,24-12-. The number of aliphatic imine (C=N–C) groups is 1. The van der Waals surface area contributed by atoms with Crippen molar-refractivity contribution in [2.45, 2.75) is 50.7 Å². The van der Waals surface area contributed by atoms with Gasteiger partial charge in [-0.2, -0.15) is 0 Å². The number of hydrogen-bond donors (Lipinski definition) is 2. The van der Waals surface area contributed by atoms with Crippen molar-refractivity contribution in [3.63, 3.8) is 0 Å². The molecule has 10 heteroatoms. The average molecular weight is 535 g/mol. The van der Waals surface area contributed by atoms with E-state index in [1.807, 2.05) is 18.3 Å². The summed E-state index contributed by atoms with van der Waals surface area (Å²) in [5, 5.41) is 3.07. The van der Waals surface area contributed by atoms with E-state index in [4.69, 9.17) is 5.73 Å². The number of allylic oxidation sites excluding steroid dienone is 4. The van der Waals surface area contributed by atoms with Crippen molar-refractivity contribution in [1.29, 1.82) is 0 Å². The highest BCUT2D eigenvalue weighted by Crippen LogP contribution is 2.39. The highest BCUT2D eigenvalue weighted by molar-refractivity contribution is 5.74. The predicted molar refractivity (Wildman–Crippen MR) is 151 cm³/mol. The zero-order valence-corrected chi connectivity index (χ0v) is 22.6. The fourth-order valence-electron chi connectivity index (χ4n) is 5.46. The molecule has 2 aromatic heterocycles. The number of aromatic nitrogens is 3. The third-order valence-corrected chi connectivity index (χ3v) is 8.09. The minimum Gasteiger partial charge on any atom is -0.325 e.